The van der Waals surface area contributed by atoms with E-state index in [0.29, 0.717) is 17.3 Å². The van der Waals surface area contributed by atoms with Crippen LogP contribution in [0.5, 0.6) is 0 Å². The number of nitriles is 1. The van der Waals surface area contributed by atoms with E-state index in [9.17, 15) is 5.26 Å². The summed E-state index contributed by atoms with van der Waals surface area (Å²) in [7, 11) is 0. The molecule has 1 saturated carbocycles. The van der Waals surface area contributed by atoms with Gasteiger partial charge >= 0.3 is 0 Å². The first-order valence-corrected chi connectivity index (χ1v) is 11.9. The lowest BCUT2D eigenvalue weighted by Crippen LogP contribution is -2.04. The lowest BCUT2D eigenvalue weighted by molar-refractivity contribution is 0.634. The van der Waals surface area contributed by atoms with Crippen LogP contribution in [0.2, 0.25) is 0 Å². The van der Waals surface area contributed by atoms with Gasteiger partial charge in [0.1, 0.15) is 11.9 Å². The molecule has 0 amide bonds. The van der Waals surface area contributed by atoms with Gasteiger partial charge in [-0.05, 0) is 66.7 Å². The average Bonchev–Trinajstić information content (AvgIpc) is 3.16. The molecule has 1 fully saturated rings. The molecule has 1 aliphatic rings. The molecule has 0 atom stereocenters. The maximum Gasteiger partial charge on any atom is 0.197 e. The van der Waals surface area contributed by atoms with Crippen molar-refractivity contribution in [1.82, 2.24) is 24.1 Å². The predicted molar refractivity (Wildman–Crippen MR) is 122 cm³/mol. The molecule has 8 heteroatoms. The number of fused-ring (bicyclic) bond motifs is 3. The molecule has 0 spiro atoms. The van der Waals surface area contributed by atoms with E-state index in [1.165, 1.54) is 17.7 Å². The molecule has 6 rings (SSSR count). The Labute approximate surface area is 187 Å². The fourth-order valence-electron chi connectivity index (χ4n) is 3.99. The fourth-order valence-corrected chi connectivity index (χ4v) is 5.82. The third-order valence-electron chi connectivity index (χ3n) is 5.61. The third kappa shape index (κ3) is 3.12. The Morgan fingerprint density at radius 3 is 2.84 bits per heavy atom. The van der Waals surface area contributed by atoms with Crippen LogP contribution >= 0.6 is 23.1 Å². The minimum atomic E-state index is 0.474. The highest BCUT2D eigenvalue weighted by Gasteiger charge is 2.30. The molecular formula is C23H18N6S2. The van der Waals surface area contributed by atoms with Crippen molar-refractivity contribution in [1.29, 1.82) is 5.26 Å². The second kappa shape index (κ2) is 7.22. The Kier molecular flexibility index (Phi) is 4.33. The molecule has 5 aromatic rings. The topological polar surface area (TPSA) is 71.8 Å². The van der Waals surface area contributed by atoms with Crippen molar-refractivity contribution in [3.63, 3.8) is 0 Å². The lowest BCUT2D eigenvalue weighted by Gasteiger charge is -2.11. The summed E-state index contributed by atoms with van der Waals surface area (Å²) in [5.74, 6) is 1.02. The highest BCUT2D eigenvalue weighted by atomic mass is 32.2. The number of hydrogen-bond acceptors (Lipinski definition) is 6. The van der Waals surface area contributed by atoms with Gasteiger partial charge in [0.25, 0.3) is 0 Å². The van der Waals surface area contributed by atoms with Gasteiger partial charge in [0.2, 0.25) is 0 Å². The number of imidazole rings is 1. The van der Waals surface area contributed by atoms with Gasteiger partial charge in [-0.2, -0.15) is 5.26 Å². The van der Waals surface area contributed by atoms with E-state index in [1.807, 2.05) is 31.2 Å². The Bertz CT molecular complexity index is 1470. The number of benzene rings is 1. The first-order valence-electron chi connectivity index (χ1n) is 10.2. The van der Waals surface area contributed by atoms with Crippen LogP contribution < -0.4 is 0 Å². The number of pyridine rings is 1. The van der Waals surface area contributed by atoms with E-state index in [2.05, 4.69) is 48.8 Å². The first-order chi connectivity index (χ1) is 15.2. The van der Waals surface area contributed by atoms with Crippen LogP contribution in [0.1, 0.15) is 40.7 Å². The molecule has 0 saturated heterocycles. The summed E-state index contributed by atoms with van der Waals surface area (Å²) in [6.45, 7) is 1.97. The van der Waals surface area contributed by atoms with E-state index < -0.39 is 0 Å². The van der Waals surface area contributed by atoms with Crippen LogP contribution in [0.4, 0.5) is 0 Å². The SMILES string of the molecule is Cc1cc(Sc2nnc(Cc3cccs3)n2C2CC2)n2c(nc3ccccc32)c1C#N. The predicted octanol–water partition coefficient (Wildman–Crippen LogP) is 5.40. The van der Waals surface area contributed by atoms with Crippen LogP contribution in [0.3, 0.4) is 0 Å². The van der Waals surface area contributed by atoms with E-state index in [-0.39, 0.29) is 0 Å². The Balaban J connectivity index is 1.50. The summed E-state index contributed by atoms with van der Waals surface area (Å²) >= 11 is 3.36. The molecule has 0 aliphatic heterocycles. The monoisotopic (exact) mass is 442 g/mol. The van der Waals surface area contributed by atoms with Gasteiger partial charge in [-0.3, -0.25) is 4.40 Å². The lowest BCUT2D eigenvalue weighted by atomic mass is 10.2. The van der Waals surface area contributed by atoms with Crippen LogP contribution in [-0.4, -0.2) is 24.1 Å². The number of rotatable bonds is 5. The summed E-state index contributed by atoms with van der Waals surface area (Å²) in [5.41, 5.74) is 4.11. The van der Waals surface area contributed by atoms with Gasteiger partial charge < -0.3 is 4.57 Å². The van der Waals surface area contributed by atoms with Gasteiger partial charge in [-0.25, -0.2) is 4.98 Å². The van der Waals surface area contributed by atoms with Crippen molar-refractivity contribution in [2.75, 3.05) is 0 Å². The number of nitrogens with zero attached hydrogens (tertiary/aromatic N) is 6. The maximum absolute atomic E-state index is 9.74. The number of para-hydroxylation sites is 2. The molecule has 1 aromatic carbocycles. The van der Waals surface area contributed by atoms with Crippen molar-refractivity contribution in [3.05, 3.63) is 69.7 Å². The minimum absolute atomic E-state index is 0.474. The van der Waals surface area contributed by atoms with Crippen LogP contribution in [0.25, 0.3) is 16.7 Å². The smallest absolute Gasteiger partial charge is 0.197 e. The summed E-state index contributed by atoms with van der Waals surface area (Å²) in [4.78, 5) is 6.05. The normalized spacial score (nSPS) is 13.8. The minimum Gasteiger partial charge on any atom is -0.302 e. The number of thiophene rings is 1. The van der Waals surface area contributed by atoms with Gasteiger partial charge in [0.05, 0.1) is 21.6 Å². The number of aromatic nitrogens is 5. The standard InChI is InChI=1S/C23H18N6S2/c1-14-11-21(29-19-7-3-2-6-18(19)25-22(29)17(14)13-24)31-23-27-26-20(28(23)15-8-9-15)12-16-5-4-10-30-16/h2-7,10-11,15H,8-9,12H2,1H3. The molecule has 0 unspecified atom stereocenters. The van der Waals surface area contributed by atoms with E-state index in [1.54, 1.807) is 23.1 Å². The van der Waals surface area contributed by atoms with Crippen molar-refractivity contribution in [2.24, 2.45) is 0 Å². The van der Waals surface area contributed by atoms with Crippen LogP contribution in [0.15, 0.2) is 58.0 Å². The van der Waals surface area contributed by atoms with Crippen molar-refractivity contribution in [3.8, 4) is 6.07 Å². The molecule has 6 nitrogen and oxygen atoms in total. The number of aryl methyl sites for hydroxylation is 1. The van der Waals surface area contributed by atoms with Gasteiger partial charge in [0.15, 0.2) is 10.8 Å². The third-order valence-corrected chi connectivity index (χ3v) is 7.45. The Hall–Kier alpha value is -3.15. The second-order valence-electron chi connectivity index (χ2n) is 7.77. The highest BCUT2D eigenvalue weighted by molar-refractivity contribution is 7.99. The number of hydrogen-bond donors (Lipinski definition) is 0. The summed E-state index contributed by atoms with van der Waals surface area (Å²) < 4.78 is 4.39. The molecule has 0 bridgehead atoms. The molecule has 4 heterocycles. The van der Waals surface area contributed by atoms with Crippen LogP contribution in [-0.2, 0) is 6.42 Å². The quantitative estimate of drug-likeness (QED) is 0.364. The molecule has 31 heavy (non-hydrogen) atoms. The maximum atomic E-state index is 9.74. The Morgan fingerprint density at radius 1 is 1.19 bits per heavy atom. The second-order valence-corrected chi connectivity index (χ2v) is 9.79. The molecular weight excluding hydrogens is 424 g/mol. The summed E-state index contributed by atoms with van der Waals surface area (Å²) in [5, 5.41) is 22.9. The van der Waals surface area contributed by atoms with Gasteiger partial charge in [0, 0.05) is 17.3 Å². The van der Waals surface area contributed by atoms with Gasteiger partial charge in [-0.1, -0.05) is 18.2 Å². The summed E-state index contributed by atoms with van der Waals surface area (Å²) in [6, 6.07) is 17.1. The molecule has 0 radical (unpaired) electrons. The van der Waals surface area contributed by atoms with Gasteiger partial charge in [-0.15, -0.1) is 21.5 Å². The molecule has 152 valence electrons. The molecule has 4 aromatic heterocycles. The zero-order chi connectivity index (χ0) is 20.9. The Morgan fingerprint density at radius 2 is 2.06 bits per heavy atom. The molecule has 0 N–H and O–H groups in total. The fraction of sp³-hybridized carbons (Fsp3) is 0.217. The average molecular weight is 443 g/mol. The summed E-state index contributed by atoms with van der Waals surface area (Å²) in [6.07, 6.45) is 3.13. The van der Waals surface area contributed by atoms with E-state index in [0.717, 1.165) is 39.0 Å². The highest BCUT2D eigenvalue weighted by Crippen LogP contribution is 2.41. The zero-order valence-electron chi connectivity index (χ0n) is 16.8. The zero-order valence-corrected chi connectivity index (χ0v) is 18.5. The van der Waals surface area contributed by atoms with Crippen LogP contribution in [0, 0.1) is 18.3 Å². The molecule has 1 aliphatic carbocycles. The van der Waals surface area contributed by atoms with E-state index >= 15 is 0 Å². The van der Waals surface area contributed by atoms with Crippen molar-refractivity contribution >= 4 is 39.8 Å². The largest absolute Gasteiger partial charge is 0.302 e. The van der Waals surface area contributed by atoms with E-state index in [4.69, 9.17) is 4.98 Å². The van der Waals surface area contributed by atoms with Crippen molar-refractivity contribution in [2.45, 2.75) is 42.4 Å². The first kappa shape index (κ1) is 18.6. The van der Waals surface area contributed by atoms with Crippen molar-refractivity contribution < 1.29 is 0 Å².